The summed E-state index contributed by atoms with van der Waals surface area (Å²) in [7, 11) is 0. The molecule has 0 fully saturated rings. The molecular weight excluding hydrogens is 234 g/mol. The maximum atomic E-state index is 3.38. The lowest BCUT2D eigenvalue weighted by atomic mass is 10.2. The van der Waals surface area contributed by atoms with E-state index in [0.29, 0.717) is 0 Å². The number of hydrogen-bond donors (Lipinski definition) is 2. The Labute approximate surface area is 115 Å². The van der Waals surface area contributed by atoms with Gasteiger partial charge in [-0.2, -0.15) is 5.12 Å². The molecule has 2 N–H and O–H groups in total. The normalized spacial score (nSPS) is 10.8. The molecule has 0 saturated carbocycles. The first kappa shape index (κ1) is 13.7. The highest BCUT2D eigenvalue weighted by atomic mass is 15.7. The van der Waals surface area contributed by atoms with Gasteiger partial charge in [0.2, 0.25) is 0 Å². The fraction of sp³-hybridized carbons (Fsp3) is 0.250. The summed E-state index contributed by atoms with van der Waals surface area (Å²) in [6.07, 6.45) is 0. The number of nitrogens with zero attached hydrogens (tertiary/aromatic N) is 1. The van der Waals surface area contributed by atoms with E-state index in [4.69, 9.17) is 0 Å². The van der Waals surface area contributed by atoms with Gasteiger partial charge in [0.1, 0.15) is 0 Å². The van der Waals surface area contributed by atoms with E-state index in [1.54, 1.807) is 0 Å². The van der Waals surface area contributed by atoms with Gasteiger partial charge in [-0.3, -0.25) is 0 Å². The molecular formula is C16H21N3. The SMILES string of the molecule is CCN(NCc1ccccc1)NCc1ccccc1. The van der Waals surface area contributed by atoms with E-state index < -0.39 is 0 Å². The highest BCUT2D eigenvalue weighted by molar-refractivity contribution is 5.15. The second-order valence-electron chi connectivity index (χ2n) is 4.39. The maximum absolute atomic E-state index is 3.38. The van der Waals surface area contributed by atoms with Crippen molar-refractivity contribution in [1.29, 1.82) is 0 Å². The van der Waals surface area contributed by atoms with Crippen molar-refractivity contribution >= 4 is 0 Å². The first-order chi connectivity index (χ1) is 9.38. The van der Waals surface area contributed by atoms with E-state index >= 15 is 0 Å². The Morgan fingerprint density at radius 1 is 0.737 bits per heavy atom. The molecule has 2 aromatic carbocycles. The minimum atomic E-state index is 0.830. The molecule has 0 amide bonds. The van der Waals surface area contributed by atoms with Crippen LogP contribution in [0.5, 0.6) is 0 Å². The topological polar surface area (TPSA) is 27.3 Å². The molecule has 0 bridgehead atoms. The van der Waals surface area contributed by atoms with E-state index in [2.05, 4.69) is 66.3 Å². The molecule has 0 unspecified atom stereocenters. The third-order valence-corrected chi connectivity index (χ3v) is 2.95. The Bertz CT molecular complexity index is 412. The van der Waals surface area contributed by atoms with Crippen LogP contribution >= 0.6 is 0 Å². The Balaban J connectivity index is 1.77. The maximum Gasteiger partial charge on any atom is 0.0366 e. The smallest absolute Gasteiger partial charge is 0.0366 e. The van der Waals surface area contributed by atoms with Gasteiger partial charge >= 0.3 is 0 Å². The summed E-state index contributed by atoms with van der Waals surface area (Å²) in [5.41, 5.74) is 9.32. The molecule has 2 rings (SSSR count). The van der Waals surface area contributed by atoms with Crippen LogP contribution in [0.4, 0.5) is 0 Å². The molecule has 0 saturated heterocycles. The third kappa shape index (κ3) is 4.83. The van der Waals surface area contributed by atoms with Crippen molar-refractivity contribution in [2.45, 2.75) is 20.0 Å². The molecule has 0 atom stereocenters. The molecule has 3 heteroatoms. The zero-order chi connectivity index (χ0) is 13.3. The first-order valence-corrected chi connectivity index (χ1v) is 6.71. The zero-order valence-corrected chi connectivity index (χ0v) is 11.3. The number of nitrogens with one attached hydrogen (secondary N) is 2. The summed E-state index contributed by atoms with van der Waals surface area (Å²) in [5, 5.41) is 2.03. The molecule has 2 aromatic rings. The summed E-state index contributed by atoms with van der Waals surface area (Å²) in [6.45, 7) is 4.68. The van der Waals surface area contributed by atoms with Crippen LogP contribution in [0.1, 0.15) is 18.1 Å². The fourth-order valence-electron chi connectivity index (χ4n) is 1.84. The molecule has 0 spiro atoms. The van der Waals surface area contributed by atoms with E-state index in [0.717, 1.165) is 19.6 Å². The molecule has 0 radical (unpaired) electrons. The predicted octanol–water partition coefficient (Wildman–Crippen LogP) is 2.72. The molecule has 3 nitrogen and oxygen atoms in total. The second-order valence-corrected chi connectivity index (χ2v) is 4.39. The van der Waals surface area contributed by atoms with Crippen molar-refractivity contribution in [2.75, 3.05) is 6.54 Å². The summed E-state index contributed by atoms with van der Waals surface area (Å²) in [6, 6.07) is 20.8. The Morgan fingerprint density at radius 2 is 1.16 bits per heavy atom. The Kier molecular flexibility index (Phi) is 5.56. The quantitative estimate of drug-likeness (QED) is 0.745. The number of hydrazine groups is 2. The van der Waals surface area contributed by atoms with Gasteiger partial charge in [0, 0.05) is 19.6 Å². The average molecular weight is 255 g/mol. The Morgan fingerprint density at radius 3 is 1.53 bits per heavy atom. The lowest BCUT2D eigenvalue weighted by molar-refractivity contribution is 0.114. The van der Waals surface area contributed by atoms with Gasteiger partial charge in [-0.05, 0) is 18.1 Å². The van der Waals surface area contributed by atoms with Crippen LogP contribution in [0, 0.1) is 0 Å². The number of hydrogen-bond acceptors (Lipinski definition) is 3. The molecule has 0 aliphatic rings. The average Bonchev–Trinajstić information content (AvgIpc) is 2.49. The van der Waals surface area contributed by atoms with Gasteiger partial charge in [-0.25, -0.2) is 10.9 Å². The van der Waals surface area contributed by atoms with Gasteiger partial charge in [-0.1, -0.05) is 60.7 Å². The van der Waals surface area contributed by atoms with E-state index in [1.807, 2.05) is 17.3 Å². The second kappa shape index (κ2) is 7.69. The Hall–Kier alpha value is -1.68. The van der Waals surface area contributed by atoms with E-state index in [9.17, 15) is 0 Å². The van der Waals surface area contributed by atoms with E-state index in [-0.39, 0.29) is 0 Å². The standard InChI is InChI=1S/C16H21N3/c1-2-19(17-13-15-9-5-3-6-10-15)18-14-16-11-7-4-8-12-16/h3-12,17-18H,2,13-14H2,1H3. The van der Waals surface area contributed by atoms with Crippen LogP contribution in [-0.2, 0) is 13.1 Å². The van der Waals surface area contributed by atoms with Crippen LogP contribution in [-0.4, -0.2) is 11.7 Å². The monoisotopic (exact) mass is 255 g/mol. The highest BCUT2D eigenvalue weighted by Gasteiger charge is 2.01. The largest absolute Gasteiger partial charge is 0.237 e. The third-order valence-electron chi connectivity index (χ3n) is 2.95. The summed E-state index contributed by atoms with van der Waals surface area (Å²) in [5.74, 6) is 0. The molecule has 0 heterocycles. The summed E-state index contributed by atoms with van der Waals surface area (Å²) >= 11 is 0. The van der Waals surface area contributed by atoms with Crippen molar-refractivity contribution in [1.82, 2.24) is 16.0 Å². The van der Waals surface area contributed by atoms with Crippen molar-refractivity contribution < 1.29 is 0 Å². The van der Waals surface area contributed by atoms with E-state index in [1.165, 1.54) is 11.1 Å². The van der Waals surface area contributed by atoms with Gasteiger partial charge in [0.05, 0.1) is 0 Å². The van der Waals surface area contributed by atoms with Crippen LogP contribution in [0.25, 0.3) is 0 Å². The lowest BCUT2D eigenvalue weighted by Gasteiger charge is -2.22. The fourth-order valence-corrected chi connectivity index (χ4v) is 1.84. The molecule has 0 aliphatic heterocycles. The summed E-state index contributed by atoms with van der Waals surface area (Å²) < 4.78 is 0. The van der Waals surface area contributed by atoms with Gasteiger partial charge in [0.25, 0.3) is 0 Å². The summed E-state index contributed by atoms with van der Waals surface area (Å²) in [4.78, 5) is 0. The molecule has 19 heavy (non-hydrogen) atoms. The van der Waals surface area contributed by atoms with Crippen LogP contribution in [0.2, 0.25) is 0 Å². The van der Waals surface area contributed by atoms with Crippen molar-refractivity contribution in [3.63, 3.8) is 0 Å². The van der Waals surface area contributed by atoms with Crippen molar-refractivity contribution in [3.05, 3.63) is 71.8 Å². The highest BCUT2D eigenvalue weighted by Crippen LogP contribution is 1.99. The predicted molar refractivity (Wildman–Crippen MR) is 78.9 cm³/mol. The van der Waals surface area contributed by atoms with Gasteiger partial charge in [0.15, 0.2) is 0 Å². The van der Waals surface area contributed by atoms with Gasteiger partial charge < -0.3 is 0 Å². The van der Waals surface area contributed by atoms with Crippen LogP contribution in [0.15, 0.2) is 60.7 Å². The van der Waals surface area contributed by atoms with Crippen LogP contribution in [0.3, 0.4) is 0 Å². The van der Waals surface area contributed by atoms with Crippen molar-refractivity contribution in [2.24, 2.45) is 0 Å². The molecule has 0 aliphatic carbocycles. The van der Waals surface area contributed by atoms with Crippen molar-refractivity contribution in [3.8, 4) is 0 Å². The molecule has 100 valence electrons. The van der Waals surface area contributed by atoms with Crippen LogP contribution < -0.4 is 10.9 Å². The number of rotatable bonds is 7. The molecule has 0 aromatic heterocycles. The lowest BCUT2D eigenvalue weighted by Crippen LogP contribution is -2.47. The minimum absolute atomic E-state index is 0.830. The van der Waals surface area contributed by atoms with Gasteiger partial charge in [-0.15, -0.1) is 0 Å². The minimum Gasteiger partial charge on any atom is -0.237 e. The zero-order valence-electron chi connectivity index (χ0n) is 11.3. The number of benzene rings is 2. The first-order valence-electron chi connectivity index (χ1n) is 6.71.